The number of hydrogen-bond acceptors (Lipinski definition) is 4. The summed E-state index contributed by atoms with van der Waals surface area (Å²) in [5.41, 5.74) is -1.30. The molecule has 0 bridgehead atoms. The fourth-order valence-corrected chi connectivity index (χ4v) is 5.28. The first-order chi connectivity index (χ1) is 14.6. The van der Waals surface area contributed by atoms with Crippen molar-refractivity contribution in [3.63, 3.8) is 0 Å². The maximum Gasteiger partial charge on any atom is 0.291 e. The van der Waals surface area contributed by atoms with Crippen molar-refractivity contribution in [2.45, 2.75) is 36.6 Å². The van der Waals surface area contributed by atoms with Crippen molar-refractivity contribution in [3.8, 4) is 5.75 Å². The quantitative estimate of drug-likeness (QED) is 0.531. The van der Waals surface area contributed by atoms with E-state index in [1.165, 1.54) is 39.2 Å². The van der Waals surface area contributed by atoms with Crippen LogP contribution in [0.2, 0.25) is 0 Å². The van der Waals surface area contributed by atoms with Crippen LogP contribution in [-0.2, 0) is 16.8 Å². The van der Waals surface area contributed by atoms with Gasteiger partial charge in [-0.25, -0.2) is 13.2 Å². The Morgan fingerprint density at radius 3 is 2.39 bits per heavy atom. The van der Waals surface area contributed by atoms with Crippen LogP contribution >= 0.6 is 27.7 Å². The molecule has 0 radical (unpaired) electrons. The van der Waals surface area contributed by atoms with E-state index in [4.69, 9.17) is 9.47 Å². The molecule has 1 saturated heterocycles. The minimum Gasteiger partial charge on any atom is -0.497 e. The monoisotopic (exact) mass is 516 g/mol. The van der Waals surface area contributed by atoms with Crippen molar-refractivity contribution in [1.82, 2.24) is 5.32 Å². The molecular weight excluding hydrogens is 493 g/mol. The SMILES string of the molecule is COC[C@]1(C)SC(=NCc2ccc(OC)cc2)N[C@](C)(c2cc(Br)ccc2F)C1(F)F. The summed E-state index contributed by atoms with van der Waals surface area (Å²) >= 11 is 4.17. The number of alkyl halides is 2. The second kappa shape index (κ2) is 9.03. The molecule has 0 saturated carbocycles. The van der Waals surface area contributed by atoms with Gasteiger partial charge in [0.05, 0.1) is 20.3 Å². The van der Waals surface area contributed by atoms with Crippen LogP contribution in [0.4, 0.5) is 13.2 Å². The summed E-state index contributed by atoms with van der Waals surface area (Å²) < 4.78 is 55.7. The first-order valence-electron chi connectivity index (χ1n) is 9.53. The summed E-state index contributed by atoms with van der Waals surface area (Å²) in [6, 6.07) is 11.3. The third-order valence-corrected chi connectivity index (χ3v) is 7.16. The van der Waals surface area contributed by atoms with Crippen LogP contribution in [0.5, 0.6) is 5.75 Å². The standard InChI is InChI=1S/C22H24BrF3N2O2S/c1-20(13-29-3)22(25,26)21(2,17-11-15(23)7-10-18(17)24)28-19(31-20)27-12-14-5-8-16(30-4)9-6-14/h5-11H,12-13H2,1-4H3,(H,27,28)/t20-,21+/m0/s1. The Bertz CT molecular complexity index is 974. The van der Waals surface area contributed by atoms with Gasteiger partial charge in [-0.1, -0.05) is 39.8 Å². The molecule has 9 heteroatoms. The number of ether oxygens (including phenoxy) is 2. The number of amidine groups is 1. The van der Waals surface area contributed by atoms with E-state index in [1.54, 1.807) is 19.2 Å². The average molecular weight is 517 g/mol. The zero-order valence-corrected chi connectivity index (χ0v) is 20.0. The number of nitrogens with zero attached hydrogens (tertiary/aromatic N) is 1. The van der Waals surface area contributed by atoms with E-state index in [0.29, 0.717) is 15.4 Å². The summed E-state index contributed by atoms with van der Waals surface area (Å²) in [4.78, 5) is 4.53. The summed E-state index contributed by atoms with van der Waals surface area (Å²) in [5, 5.41) is 3.13. The normalized spacial score (nSPS) is 26.5. The topological polar surface area (TPSA) is 42.9 Å². The Morgan fingerprint density at radius 1 is 1.10 bits per heavy atom. The molecule has 1 aliphatic heterocycles. The van der Waals surface area contributed by atoms with Gasteiger partial charge in [0.1, 0.15) is 21.9 Å². The van der Waals surface area contributed by atoms with E-state index < -0.39 is 22.0 Å². The number of thioether (sulfide) groups is 1. The van der Waals surface area contributed by atoms with Crippen molar-refractivity contribution in [1.29, 1.82) is 0 Å². The predicted molar refractivity (Wildman–Crippen MR) is 122 cm³/mol. The lowest BCUT2D eigenvalue weighted by atomic mass is 9.78. The van der Waals surface area contributed by atoms with Crippen LogP contribution in [0.15, 0.2) is 51.9 Å². The molecule has 1 fully saturated rings. The lowest BCUT2D eigenvalue weighted by Crippen LogP contribution is -2.69. The first-order valence-corrected chi connectivity index (χ1v) is 11.1. The Balaban J connectivity index is 2.03. The van der Waals surface area contributed by atoms with Gasteiger partial charge in [0.25, 0.3) is 5.92 Å². The smallest absolute Gasteiger partial charge is 0.291 e. The van der Waals surface area contributed by atoms with Crippen molar-refractivity contribution in [2.75, 3.05) is 20.8 Å². The molecule has 31 heavy (non-hydrogen) atoms. The van der Waals surface area contributed by atoms with Crippen molar-refractivity contribution in [2.24, 2.45) is 4.99 Å². The Labute approximate surface area is 192 Å². The van der Waals surface area contributed by atoms with E-state index >= 15 is 8.78 Å². The highest BCUT2D eigenvalue weighted by molar-refractivity contribution is 9.10. The Kier molecular flexibility index (Phi) is 6.98. The van der Waals surface area contributed by atoms with Crippen LogP contribution in [0.1, 0.15) is 25.0 Å². The third kappa shape index (κ3) is 4.45. The van der Waals surface area contributed by atoms with Gasteiger partial charge in [0, 0.05) is 17.1 Å². The van der Waals surface area contributed by atoms with Crippen LogP contribution in [0, 0.1) is 5.82 Å². The van der Waals surface area contributed by atoms with E-state index in [0.717, 1.165) is 17.3 Å². The minimum absolute atomic E-state index is 0.147. The van der Waals surface area contributed by atoms with Crippen LogP contribution in [0.3, 0.4) is 0 Å². The lowest BCUT2D eigenvalue weighted by Gasteiger charge is -2.52. The lowest BCUT2D eigenvalue weighted by molar-refractivity contribution is -0.124. The molecule has 168 valence electrons. The van der Waals surface area contributed by atoms with E-state index in [9.17, 15) is 4.39 Å². The van der Waals surface area contributed by atoms with Crippen LogP contribution < -0.4 is 10.1 Å². The fraction of sp³-hybridized carbons (Fsp3) is 0.409. The maximum absolute atomic E-state index is 15.9. The van der Waals surface area contributed by atoms with Gasteiger partial charge in [0.2, 0.25) is 0 Å². The van der Waals surface area contributed by atoms with Crippen LogP contribution in [0.25, 0.3) is 0 Å². The van der Waals surface area contributed by atoms with Gasteiger partial charge < -0.3 is 14.8 Å². The zero-order chi connectivity index (χ0) is 22.9. The molecule has 2 aromatic rings. The number of benzene rings is 2. The maximum atomic E-state index is 15.9. The van der Waals surface area contributed by atoms with Crippen molar-refractivity contribution in [3.05, 3.63) is 63.9 Å². The number of nitrogens with one attached hydrogen (secondary N) is 1. The van der Waals surface area contributed by atoms with Gasteiger partial charge in [0.15, 0.2) is 5.17 Å². The average Bonchev–Trinajstić information content (AvgIpc) is 2.73. The Hall–Kier alpha value is -1.71. The molecule has 0 aliphatic carbocycles. The molecule has 2 atom stereocenters. The first kappa shape index (κ1) is 23.9. The van der Waals surface area contributed by atoms with Crippen molar-refractivity contribution < 1.29 is 22.6 Å². The molecular formula is C22H24BrF3N2O2S. The highest BCUT2D eigenvalue weighted by Crippen LogP contribution is 2.55. The molecule has 0 spiro atoms. The van der Waals surface area contributed by atoms with E-state index in [-0.39, 0.29) is 18.7 Å². The predicted octanol–water partition coefficient (Wildman–Crippen LogP) is 5.75. The van der Waals surface area contributed by atoms with Gasteiger partial charge >= 0.3 is 0 Å². The van der Waals surface area contributed by atoms with Gasteiger partial charge in [-0.05, 0) is 49.7 Å². The highest BCUT2D eigenvalue weighted by atomic mass is 79.9. The van der Waals surface area contributed by atoms with E-state index in [2.05, 4.69) is 26.2 Å². The molecule has 0 amide bonds. The molecule has 1 N–H and O–H groups in total. The van der Waals surface area contributed by atoms with Gasteiger partial charge in [-0.3, -0.25) is 4.99 Å². The molecule has 0 unspecified atom stereocenters. The highest BCUT2D eigenvalue weighted by Gasteiger charge is 2.67. The molecule has 1 heterocycles. The number of aliphatic imine (C=N–C) groups is 1. The molecule has 1 aliphatic rings. The third-order valence-electron chi connectivity index (χ3n) is 5.42. The van der Waals surface area contributed by atoms with Gasteiger partial charge in [-0.2, -0.15) is 0 Å². The molecule has 0 aromatic heterocycles. The summed E-state index contributed by atoms with van der Waals surface area (Å²) in [6.07, 6.45) is 0. The van der Waals surface area contributed by atoms with E-state index in [1.807, 2.05) is 12.1 Å². The van der Waals surface area contributed by atoms with Crippen LogP contribution in [-0.4, -0.2) is 36.7 Å². The number of hydrogen-bond donors (Lipinski definition) is 1. The second-order valence-electron chi connectivity index (χ2n) is 7.68. The molecule has 4 nitrogen and oxygen atoms in total. The number of methoxy groups -OCH3 is 2. The van der Waals surface area contributed by atoms with Crippen molar-refractivity contribution >= 4 is 32.9 Å². The molecule has 2 aromatic carbocycles. The fourth-order valence-electron chi connectivity index (χ4n) is 3.60. The summed E-state index contributed by atoms with van der Waals surface area (Å²) in [6.45, 7) is 2.75. The zero-order valence-electron chi connectivity index (χ0n) is 17.6. The van der Waals surface area contributed by atoms with Gasteiger partial charge in [-0.15, -0.1) is 0 Å². The number of halogens is 4. The largest absolute Gasteiger partial charge is 0.497 e. The molecule has 3 rings (SSSR count). The summed E-state index contributed by atoms with van der Waals surface area (Å²) in [7, 11) is 2.95. The second-order valence-corrected chi connectivity index (χ2v) is 10.1. The number of rotatable bonds is 6. The minimum atomic E-state index is -3.37. The summed E-state index contributed by atoms with van der Waals surface area (Å²) in [5.74, 6) is -3.38. The Morgan fingerprint density at radius 2 is 1.77 bits per heavy atom.